The lowest BCUT2D eigenvalue weighted by Crippen LogP contribution is -2.30. The molecule has 2 heterocycles. The molecule has 176 valence electrons. The summed E-state index contributed by atoms with van der Waals surface area (Å²) in [4.78, 5) is 24.1. The molecule has 1 amide bonds. The second-order valence-corrected chi connectivity index (χ2v) is 7.91. The van der Waals surface area contributed by atoms with Gasteiger partial charge in [-0.25, -0.2) is 9.48 Å². The lowest BCUT2D eigenvalue weighted by atomic mass is 10.1. The van der Waals surface area contributed by atoms with Gasteiger partial charge in [-0.3, -0.25) is 4.79 Å². The summed E-state index contributed by atoms with van der Waals surface area (Å²) in [5.41, 5.74) is 3.08. The van der Waals surface area contributed by atoms with Crippen molar-refractivity contribution in [3.05, 3.63) is 76.6 Å². The Balaban J connectivity index is 1.23. The number of aromatic nitrogens is 2. The maximum absolute atomic E-state index is 12.1. The third-order valence-corrected chi connectivity index (χ3v) is 5.49. The Hall–Kier alpha value is -3.78. The first kappa shape index (κ1) is 23.4. The van der Waals surface area contributed by atoms with Crippen molar-refractivity contribution in [2.75, 3.05) is 26.4 Å². The minimum absolute atomic E-state index is 0.375. The molecule has 2 aromatic carbocycles. The Bertz CT molecular complexity index is 1210. The number of hydrogen-bond donors (Lipinski definition) is 1. The van der Waals surface area contributed by atoms with Gasteiger partial charge in [-0.05, 0) is 49.2 Å². The van der Waals surface area contributed by atoms with E-state index in [1.165, 1.54) is 12.2 Å². The van der Waals surface area contributed by atoms with Crippen molar-refractivity contribution in [2.24, 2.45) is 0 Å². The standard InChI is InChI=1S/C25H24ClN3O5/c1-17-20(25(26)29(28-17)19-5-3-2-4-6-19)8-10-24(31)34-16-23(30)27-12-11-18-7-9-21-22(15-18)33-14-13-32-21/h2-10,15H,11-14,16H2,1H3,(H,27,30)/b10-8+. The Labute approximate surface area is 202 Å². The summed E-state index contributed by atoms with van der Waals surface area (Å²) in [7, 11) is 0. The maximum atomic E-state index is 12.1. The molecule has 3 aromatic rings. The van der Waals surface area contributed by atoms with Crippen LogP contribution >= 0.6 is 11.6 Å². The largest absolute Gasteiger partial charge is 0.486 e. The lowest BCUT2D eigenvalue weighted by molar-refractivity contribution is -0.143. The van der Waals surface area contributed by atoms with Gasteiger partial charge < -0.3 is 19.5 Å². The number of nitrogens with zero attached hydrogens (tertiary/aromatic N) is 2. The summed E-state index contributed by atoms with van der Waals surface area (Å²) in [5.74, 6) is 0.402. The number of aryl methyl sites for hydroxylation is 1. The smallest absolute Gasteiger partial charge is 0.331 e. The highest BCUT2D eigenvalue weighted by Gasteiger charge is 2.14. The van der Waals surface area contributed by atoms with Crippen LogP contribution in [0, 0.1) is 6.92 Å². The molecule has 34 heavy (non-hydrogen) atoms. The molecule has 0 fully saturated rings. The van der Waals surface area contributed by atoms with Gasteiger partial charge in [0, 0.05) is 18.2 Å². The van der Waals surface area contributed by atoms with Gasteiger partial charge in [-0.2, -0.15) is 5.10 Å². The average molecular weight is 482 g/mol. The number of halogens is 1. The SMILES string of the molecule is Cc1nn(-c2ccccc2)c(Cl)c1/C=C/C(=O)OCC(=O)NCCc1ccc2c(c1)OCCO2. The second-order valence-electron chi connectivity index (χ2n) is 7.56. The zero-order valence-corrected chi connectivity index (χ0v) is 19.4. The molecule has 0 aliphatic carbocycles. The second kappa shape index (κ2) is 10.9. The third-order valence-electron chi connectivity index (χ3n) is 5.12. The molecule has 0 saturated carbocycles. The topological polar surface area (TPSA) is 91.7 Å². The van der Waals surface area contributed by atoms with Crippen molar-refractivity contribution < 1.29 is 23.8 Å². The zero-order chi connectivity index (χ0) is 23.9. The summed E-state index contributed by atoms with van der Waals surface area (Å²) in [6, 6.07) is 15.1. The number of rotatable bonds is 8. The Morgan fingerprint density at radius 1 is 1.15 bits per heavy atom. The Morgan fingerprint density at radius 2 is 1.91 bits per heavy atom. The Morgan fingerprint density at radius 3 is 2.71 bits per heavy atom. The van der Waals surface area contributed by atoms with Crippen LogP contribution in [0.4, 0.5) is 0 Å². The van der Waals surface area contributed by atoms with Crippen molar-refractivity contribution in [1.29, 1.82) is 0 Å². The van der Waals surface area contributed by atoms with E-state index in [1.54, 1.807) is 11.6 Å². The van der Waals surface area contributed by atoms with E-state index in [1.807, 2.05) is 48.5 Å². The van der Waals surface area contributed by atoms with E-state index < -0.39 is 5.97 Å². The van der Waals surface area contributed by atoms with Crippen LogP contribution in [0.25, 0.3) is 11.8 Å². The number of esters is 1. The van der Waals surface area contributed by atoms with Crippen LogP contribution in [0.15, 0.2) is 54.6 Å². The number of benzene rings is 2. The quantitative estimate of drug-likeness (QED) is 0.391. The molecule has 4 rings (SSSR count). The van der Waals surface area contributed by atoms with Crippen molar-refractivity contribution in [3.8, 4) is 17.2 Å². The third kappa shape index (κ3) is 5.77. The van der Waals surface area contributed by atoms with Gasteiger partial charge in [-0.1, -0.05) is 35.9 Å². The molecular formula is C25H24ClN3O5. The lowest BCUT2D eigenvalue weighted by Gasteiger charge is -2.18. The summed E-state index contributed by atoms with van der Waals surface area (Å²) >= 11 is 6.44. The van der Waals surface area contributed by atoms with Gasteiger partial charge in [0.2, 0.25) is 0 Å². The number of fused-ring (bicyclic) bond motifs is 1. The molecule has 0 unspecified atom stereocenters. The highest BCUT2D eigenvalue weighted by atomic mass is 35.5. The molecule has 1 aliphatic rings. The van der Waals surface area contributed by atoms with Crippen LogP contribution in [-0.4, -0.2) is 48.0 Å². The normalized spacial score (nSPS) is 12.5. The van der Waals surface area contributed by atoms with E-state index in [4.69, 9.17) is 25.8 Å². The minimum Gasteiger partial charge on any atom is -0.486 e. The van der Waals surface area contributed by atoms with Gasteiger partial charge >= 0.3 is 5.97 Å². The Kier molecular flexibility index (Phi) is 7.49. The first-order valence-corrected chi connectivity index (χ1v) is 11.2. The highest BCUT2D eigenvalue weighted by molar-refractivity contribution is 6.31. The molecule has 0 saturated heterocycles. The van der Waals surface area contributed by atoms with Crippen LogP contribution in [-0.2, 0) is 20.7 Å². The van der Waals surface area contributed by atoms with Gasteiger partial charge in [-0.15, -0.1) is 0 Å². The van der Waals surface area contributed by atoms with E-state index in [2.05, 4.69) is 10.4 Å². The van der Waals surface area contributed by atoms with Crippen molar-refractivity contribution in [2.45, 2.75) is 13.3 Å². The van der Waals surface area contributed by atoms with E-state index >= 15 is 0 Å². The maximum Gasteiger partial charge on any atom is 0.331 e. The summed E-state index contributed by atoms with van der Waals surface area (Å²) in [6.07, 6.45) is 3.37. The molecular weight excluding hydrogens is 458 g/mol. The fourth-order valence-electron chi connectivity index (χ4n) is 3.42. The minimum atomic E-state index is -0.648. The van der Waals surface area contributed by atoms with E-state index in [-0.39, 0.29) is 12.5 Å². The zero-order valence-electron chi connectivity index (χ0n) is 18.6. The van der Waals surface area contributed by atoms with Gasteiger partial charge in [0.25, 0.3) is 5.91 Å². The van der Waals surface area contributed by atoms with Crippen molar-refractivity contribution in [3.63, 3.8) is 0 Å². The van der Waals surface area contributed by atoms with Gasteiger partial charge in [0.1, 0.15) is 18.4 Å². The monoisotopic (exact) mass is 481 g/mol. The highest BCUT2D eigenvalue weighted by Crippen LogP contribution is 2.30. The van der Waals surface area contributed by atoms with E-state index in [0.29, 0.717) is 48.3 Å². The molecule has 0 spiro atoms. The molecule has 0 bridgehead atoms. The molecule has 1 aromatic heterocycles. The van der Waals surface area contributed by atoms with Crippen LogP contribution in [0.1, 0.15) is 16.8 Å². The van der Waals surface area contributed by atoms with Crippen LogP contribution < -0.4 is 14.8 Å². The van der Waals surface area contributed by atoms with Crippen molar-refractivity contribution in [1.82, 2.24) is 15.1 Å². The number of hydrogen-bond acceptors (Lipinski definition) is 6. The number of amides is 1. The molecule has 9 heteroatoms. The number of carbonyl (C=O) groups excluding carboxylic acids is 2. The van der Waals surface area contributed by atoms with Crippen LogP contribution in [0.2, 0.25) is 5.15 Å². The van der Waals surface area contributed by atoms with E-state index in [0.717, 1.165) is 17.0 Å². The number of para-hydroxylation sites is 1. The first-order valence-electron chi connectivity index (χ1n) is 10.8. The number of carbonyl (C=O) groups is 2. The van der Waals surface area contributed by atoms with Crippen molar-refractivity contribution >= 4 is 29.6 Å². The van der Waals surface area contributed by atoms with E-state index in [9.17, 15) is 9.59 Å². The average Bonchev–Trinajstić information content (AvgIpc) is 3.15. The predicted molar refractivity (Wildman–Crippen MR) is 127 cm³/mol. The van der Waals surface area contributed by atoms with Gasteiger partial charge in [0.05, 0.1) is 11.4 Å². The molecule has 1 aliphatic heterocycles. The number of nitrogens with one attached hydrogen (secondary N) is 1. The fraction of sp³-hybridized carbons (Fsp3) is 0.240. The van der Waals surface area contributed by atoms with Gasteiger partial charge in [0.15, 0.2) is 18.1 Å². The molecule has 8 nitrogen and oxygen atoms in total. The van der Waals surface area contributed by atoms with Crippen LogP contribution in [0.5, 0.6) is 11.5 Å². The summed E-state index contributed by atoms with van der Waals surface area (Å²) in [6.45, 7) is 2.89. The molecule has 1 N–H and O–H groups in total. The fourth-order valence-corrected chi connectivity index (χ4v) is 3.75. The first-order chi connectivity index (χ1) is 16.5. The summed E-state index contributed by atoms with van der Waals surface area (Å²) in [5, 5.41) is 7.53. The number of ether oxygens (including phenoxy) is 3. The molecule has 0 radical (unpaired) electrons. The predicted octanol–water partition coefficient (Wildman–Crippen LogP) is 3.52. The summed E-state index contributed by atoms with van der Waals surface area (Å²) < 4.78 is 17.7. The molecule has 0 atom stereocenters. The van der Waals surface area contributed by atoms with Crippen LogP contribution in [0.3, 0.4) is 0 Å².